The average Bonchev–Trinajstić information content (AvgIpc) is 2.53. The molecule has 0 saturated carbocycles. The van der Waals surface area contributed by atoms with E-state index in [1.807, 2.05) is 0 Å². The van der Waals surface area contributed by atoms with Crippen molar-refractivity contribution in [3.05, 3.63) is 69.8 Å². The lowest BCUT2D eigenvalue weighted by Gasteiger charge is -2.06. The molecule has 2 aromatic rings. The Bertz CT molecular complexity index is 862. The zero-order valence-corrected chi connectivity index (χ0v) is 13.4. The third-order valence-electron chi connectivity index (χ3n) is 3.21. The molecular weight excluding hydrogens is 318 g/mol. The lowest BCUT2D eigenvalue weighted by Crippen LogP contribution is -2.19. The van der Waals surface area contributed by atoms with Crippen LogP contribution in [0.5, 0.6) is 0 Å². The van der Waals surface area contributed by atoms with E-state index in [1.165, 1.54) is 18.2 Å². The first-order chi connectivity index (χ1) is 10.8. The number of sulfonamides is 1. The van der Waals surface area contributed by atoms with Gasteiger partial charge in [0.05, 0.1) is 15.5 Å². The molecule has 23 heavy (non-hydrogen) atoms. The van der Waals surface area contributed by atoms with Crippen molar-refractivity contribution >= 4 is 21.4 Å². The van der Waals surface area contributed by atoms with Crippen molar-refractivity contribution < 1.29 is 13.3 Å². The first kappa shape index (κ1) is 16.6. The first-order valence-corrected chi connectivity index (χ1v) is 8.16. The van der Waals surface area contributed by atoms with E-state index >= 15 is 0 Å². The van der Waals surface area contributed by atoms with Gasteiger partial charge in [-0.15, -0.1) is 0 Å². The highest BCUT2D eigenvalue weighted by Gasteiger charge is 2.14. The number of hydrogen-bond acceptors (Lipinski definition) is 5. The van der Waals surface area contributed by atoms with Crippen LogP contribution in [0.4, 0.5) is 5.69 Å². The third kappa shape index (κ3) is 3.92. The molecule has 2 rings (SSSR count). The molecule has 0 fully saturated rings. The van der Waals surface area contributed by atoms with Crippen LogP contribution in [0.1, 0.15) is 18.1 Å². The van der Waals surface area contributed by atoms with Crippen molar-refractivity contribution in [1.82, 2.24) is 4.83 Å². The van der Waals surface area contributed by atoms with Gasteiger partial charge in [0.25, 0.3) is 15.7 Å². The van der Waals surface area contributed by atoms with Crippen molar-refractivity contribution in [2.45, 2.75) is 18.7 Å². The highest BCUT2D eigenvalue weighted by atomic mass is 32.2. The Hall–Kier alpha value is -2.74. The van der Waals surface area contributed by atoms with Crippen molar-refractivity contribution in [3.8, 4) is 0 Å². The Morgan fingerprint density at radius 1 is 1.17 bits per heavy atom. The highest BCUT2D eigenvalue weighted by molar-refractivity contribution is 7.89. The monoisotopic (exact) mass is 333 g/mol. The quantitative estimate of drug-likeness (QED) is 0.516. The second kappa shape index (κ2) is 6.57. The van der Waals surface area contributed by atoms with Gasteiger partial charge >= 0.3 is 0 Å². The lowest BCUT2D eigenvalue weighted by atomic mass is 10.1. The molecule has 0 unspecified atom stereocenters. The van der Waals surface area contributed by atoms with Crippen LogP contribution in [0.2, 0.25) is 0 Å². The largest absolute Gasteiger partial charge is 0.276 e. The predicted molar refractivity (Wildman–Crippen MR) is 86.8 cm³/mol. The van der Waals surface area contributed by atoms with Crippen LogP contribution >= 0.6 is 0 Å². The zero-order chi connectivity index (χ0) is 17.0. The number of nitro benzene ring substituents is 1. The molecule has 0 spiro atoms. The fourth-order valence-electron chi connectivity index (χ4n) is 1.88. The van der Waals surface area contributed by atoms with Gasteiger partial charge in [0.1, 0.15) is 0 Å². The van der Waals surface area contributed by atoms with E-state index in [1.54, 1.807) is 44.2 Å². The summed E-state index contributed by atoms with van der Waals surface area (Å²) >= 11 is 0. The van der Waals surface area contributed by atoms with E-state index < -0.39 is 14.9 Å². The summed E-state index contributed by atoms with van der Waals surface area (Å²) in [7, 11) is -3.77. The lowest BCUT2D eigenvalue weighted by molar-refractivity contribution is -0.385. The van der Waals surface area contributed by atoms with Crippen molar-refractivity contribution in [2.24, 2.45) is 5.10 Å². The fraction of sp³-hybridized carbons (Fsp3) is 0.133. The molecule has 0 bridgehead atoms. The molecule has 0 saturated heterocycles. The van der Waals surface area contributed by atoms with Crippen LogP contribution in [-0.2, 0) is 10.0 Å². The summed E-state index contributed by atoms with van der Waals surface area (Å²) in [6.45, 7) is 3.20. The molecule has 2 aromatic carbocycles. The number of nitrogens with one attached hydrogen (secondary N) is 1. The van der Waals surface area contributed by atoms with E-state index in [4.69, 9.17) is 0 Å². The standard InChI is InChI=1S/C15H15N3O4S/c1-11-8-9-13(10-15(11)18(19)20)12(2)16-17-23(21,22)14-6-4-3-5-7-14/h3-10,17H,1-2H3/b16-12+. The van der Waals surface area contributed by atoms with Crippen LogP contribution in [0.15, 0.2) is 58.5 Å². The maximum Gasteiger partial charge on any atom is 0.276 e. The number of nitro groups is 1. The summed E-state index contributed by atoms with van der Waals surface area (Å²) in [6, 6.07) is 12.4. The van der Waals surface area contributed by atoms with E-state index in [9.17, 15) is 18.5 Å². The number of aryl methyl sites for hydroxylation is 1. The van der Waals surface area contributed by atoms with Gasteiger partial charge in [-0.1, -0.05) is 30.3 Å². The summed E-state index contributed by atoms with van der Waals surface area (Å²) in [5.41, 5.74) is 1.28. The topological polar surface area (TPSA) is 102 Å². The van der Waals surface area contributed by atoms with Gasteiger partial charge in [-0.25, -0.2) is 0 Å². The second-order valence-corrected chi connectivity index (χ2v) is 6.52. The Balaban J connectivity index is 2.27. The molecule has 1 N–H and O–H groups in total. The SMILES string of the molecule is C/C(=N\NS(=O)(=O)c1ccccc1)c1ccc(C)c([N+](=O)[O-])c1. The second-order valence-electron chi connectivity index (χ2n) is 4.86. The van der Waals surface area contributed by atoms with Crippen LogP contribution in [0.25, 0.3) is 0 Å². The molecule has 0 atom stereocenters. The maximum atomic E-state index is 12.1. The van der Waals surface area contributed by atoms with E-state index in [0.717, 1.165) is 0 Å². The molecule has 0 radical (unpaired) electrons. The molecule has 0 aromatic heterocycles. The summed E-state index contributed by atoms with van der Waals surface area (Å²) in [4.78, 5) is 12.7. The van der Waals surface area contributed by atoms with Gasteiger partial charge in [0, 0.05) is 17.2 Å². The Kier molecular flexibility index (Phi) is 4.75. The first-order valence-electron chi connectivity index (χ1n) is 6.68. The highest BCUT2D eigenvalue weighted by Crippen LogP contribution is 2.19. The number of hydrazone groups is 1. The molecule has 0 amide bonds. The van der Waals surface area contributed by atoms with Crippen LogP contribution < -0.4 is 4.83 Å². The van der Waals surface area contributed by atoms with Crippen LogP contribution in [-0.4, -0.2) is 19.1 Å². The molecule has 8 heteroatoms. The minimum Gasteiger partial charge on any atom is -0.258 e. The molecule has 0 heterocycles. The minimum atomic E-state index is -3.77. The van der Waals surface area contributed by atoms with Crippen LogP contribution in [0.3, 0.4) is 0 Å². The van der Waals surface area contributed by atoms with E-state index in [0.29, 0.717) is 16.8 Å². The molecular formula is C15H15N3O4S. The molecule has 0 aliphatic rings. The van der Waals surface area contributed by atoms with Crippen LogP contribution in [0, 0.1) is 17.0 Å². The Labute approximate surface area is 133 Å². The van der Waals surface area contributed by atoms with E-state index in [2.05, 4.69) is 9.93 Å². The minimum absolute atomic E-state index is 0.0389. The normalized spacial score (nSPS) is 12.0. The summed E-state index contributed by atoms with van der Waals surface area (Å²) in [5.74, 6) is 0. The van der Waals surface area contributed by atoms with Crippen molar-refractivity contribution in [2.75, 3.05) is 0 Å². The molecule has 0 aliphatic carbocycles. The molecule has 7 nitrogen and oxygen atoms in total. The van der Waals surface area contributed by atoms with E-state index in [-0.39, 0.29) is 10.6 Å². The Morgan fingerprint density at radius 2 is 1.83 bits per heavy atom. The third-order valence-corrected chi connectivity index (χ3v) is 4.44. The number of benzene rings is 2. The molecule has 0 aliphatic heterocycles. The smallest absolute Gasteiger partial charge is 0.258 e. The van der Waals surface area contributed by atoms with Gasteiger partial charge in [0.15, 0.2) is 0 Å². The number of rotatable bonds is 5. The Morgan fingerprint density at radius 3 is 2.43 bits per heavy atom. The average molecular weight is 333 g/mol. The number of nitrogens with zero attached hydrogens (tertiary/aromatic N) is 2. The van der Waals surface area contributed by atoms with Gasteiger partial charge in [-0.05, 0) is 26.0 Å². The number of hydrogen-bond donors (Lipinski definition) is 1. The zero-order valence-electron chi connectivity index (χ0n) is 12.6. The van der Waals surface area contributed by atoms with Gasteiger partial charge in [-0.3, -0.25) is 10.1 Å². The van der Waals surface area contributed by atoms with Crippen molar-refractivity contribution in [3.63, 3.8) is 0 Å². The fourth-order valence-corrected chi connectivity index (χ4v) is 2.75. The summed E-state index contributed by atoms with van der Waals surface area (Å²) < 4.78 is 24.1. The van der Waals surface area contributed by atoms with Gasteiger partial charge < -0.3 is 0 Å². The van der Waals surface area contributed by atoms with Crippen molar-refractivity contribution in [1.29, 1.82) is 0 Å². The van der Waals surface area contributed by atoms with Gasteiger partial charge in [-0.2, -0.15) is 18.4 Å². The predicted octanol–water partition coefficient (Wildman–Crippen LogP) is 2.61. The summed E-state index contributed by atoms with van der Waals surface area (Å²) in [6.07, 6.45) is 0. The maximum absolute atomic E-state index is 12.1. The molecule has 120 valence electrons. The summed E-state index contributed by atoms with van der Waals surface area (Å²) in [5, 5.41) is 14.8. The van der Waals surface area contributed by atoms with Gasteiger partial charge in [0.2, 0.25) is 0 Å².